The van der Waals surface area contributed by atoms with E-state index < -0.39 is 5.82 Å². The van der Waals surface area contributed by atoms with Crippen LogP contribution in [0.2, 0.25) is 0 Å². The number of rotatable bonds is 3. The van der Waals surface area contributed by atoms with Gasteiger partial charge in [-0.3, -0.25) is 4.79 Å². The standard InChI is InChI=1S/C12H13FN2OS/c13-8-5-2-6-9(10(8)11(14)17)15-12(16)7-3-1-4-7/h2,5-7H,1,3-4H2,(H2,14,17)(H,15,16). The third kappa shape index (κ3) is 2.44. The quantitative estimate of drug-likeness (QED) is 0.811. The third-order valence-corrected chi connectivity index (χ3v) is 3.20. The van der Waals surface area contributed by atoms with Gasteiger partial charge in [-0.05, 0) is 25.0 Å². The lowest BCUT2D eigenvalue weighted by Gasteiger charge is -2.24. The van der Waals surface area contributed by atoms with E-state index in [9.17, 15) is 9.18 Å². The number of carbonyl (C=O) groups excluding carboxylic acids is 1. The number of carbonyl (C=O) groups is 1. The lowest BCUT2D eigenvalue weighted by atomic mass is 9.85. The van der Waals surface area contributed by atoms with Crippen LogP contribution in [0, 0.1) is 11.7 Å². The summed E-state index contributed by atoms with van der Waals surface area (Å²) in [7, 11) is 0. The Hall–Kier alpha value is -1.49. The van der Waals surface area contributed by atoms with Crippen LogP contribution in [0.5, 0.6) is 0 Å². The maximum Gasteiger partial charge on any atom is 0.227 e. The minimum atomic E-state index is -0.510. The number of benzene rings is 1. The highest BCUT2D eigenvalue weighted by molar-refractivity contribution is 7.80. The van der Waals surface area contributed by atoms with Crippen LogP contribution >= 0.6 is 12.2 Å². The van der Waals surface area contributed by atoms with Crippen molar-refractivity contribution in [3.63, 3.8) is 0 Å². The molecule has 0 atom stereocenters. The van der Waals surface area contributed by atoms with Crippen LogP contribution in [0.15, 0.2) is 18.2 Å². The number of anilines is 1. The molecule has 0 spiro atoms. The minimum Gasteiger partial charge on any atom is -0.389 e. The molecule has 0 aromatic heterocycles. The summed E-state index contributed by atoms with van der Waals surface area (Å²) in [5.74, 6) is -0.555. The van der Waals surface area contributed by atoms with Gasteiger partial charge < -0.3 is 11.1 Å². The number of amides is 1. The molecule has 2 rings (SSSR count). The number of nitrogens with one attached hydrogen (secondary N) is 1. The second-order valence-electron chi connectivity index (χ2n) is 4.14. The molecule has 0 unspecified atom stereocenters. The normalized spacial score (nSPS) is 15.1. The molecular weight excluding hydrogens is 239 g/mol. The Morgan fingerprint density at radius 3 is 2.71 bits per heavy atom. The Morgan fingerprint density at radius 2 is 2.18 bits per heavy atom. The predicted molar refractivity (Wildman–Crippen MR) is 68.3 cm³/mol. The molecular formula is C12H13FN2OS. The first-order chi connectivity index (χ1) is 8.09. The van der Waals surface area contributed by atoms with E-state index in [1.165, 1.54) is 12.1 Å². The second-order valence-corrected chi connectivity index (χ2v) is 4.58. The van der Waals surface area contributed by atoms with Gasteiger partial charge in [-0.1, -0.05) is 24.7 Å². The van der Waals surface area contributed by atoms with Gasteiger partial charge in [0.1, 0.15) is 10.8 Å². The molecule has 0 heterocycles. The van der Waals surface area contributed by atoms with E-state index in [1.54, 1.807) is 6.07 Å². The average Bonchev–Trinajstić information content (AvgIpc) is 2.13. The van der Waals surface area contributed by atoms with Gasteiger partial charge in [0.05, 0.1) is 11.3 Å². The van der Waals surface area contributed by atoms with Gasteiger partial charge in [0.15, 0.2) is 0 Å². The zero-order valence-corrected chi connectivity index (χ0v) is 10.0. The third-order valence-electron chi connectivity index (χ3n) is 2.99. The Bertz CT molecular complexity index is 472. The monoisotopic (exact) mass is 252 g/mol. The fourth-order valence-electron chi connectivity index (χ4n) is 1.78. The Labute approximate surface area is 104 Å². The maximum absolute atomic E-state index is 13.5. The highest BCUT2D eigenvalue weighted by atomic mass is 32.1. The average molecular weight is 252 g/mol. The first kappa shape index (κ1) is 12.0. The van der Waals surface area contributed by atoms with Gasteiger partial charge in [-0.15, -0.1) is 0 Å². The molecule has 1 fully saturated rings. The molecule has 1 aromatic rings. The summed E-state index contributed by atoms with van der Waals surface area (Å²) in [6, 6.07) is 4.40. The summed E-state index contributed by atoms with van der Waals surface area (Å²) in [6.07, 6.45) is 2.86. The summed E-state index contributed by atoms with van der Waals surface area (Å²) < 4.78 is 13.5. The zero-order valence-electron chi connectivity index (χ0n) is 9.20. The number of nitrogens with two attached hydrogens (primary N) is 1. The molecule has 3 N–H and O–H groups in total. The summed E-state index contributed by atoms with van der Waals surface area (Å²) in [5, 5.41) is 2.69. The molecule has 17 heavy (non-hydrogen) atoms. The number of thiocarbonyl (C=S) groups is 1. The fraction of sp³-hybridized carbons (Fsp3) is 0.333. The number of hydrogen-bond donors (Lipinski definition) is 2. The largest absolute Gasteiger partial charge is 0.389 e. The van der Waals surface area contributed by atoms with Crippen LogP contribution in [-0.4, -0.2) is 10.9 Å². The molecule has 1 aliphatic rings. The van der Waals surface area contributed by atoms with Crippen molar-refractivity contribution in [1.29, 1.82) is 0 Å². The first-order valence-corrected chi connectivity index (χ1v) is 5.89. The molecule has 0 aliphatic heterocycles. The van der Waals surface area contributed by atoms with Crippen molar-refractivity contribution in [2.75, 3.05) is 5.32 Å². The summed E-state index contributed by atoms with van der Waals surface area (Å²) in [5.41, 5.74) is 5.92. The van der Waals surface area contributed by atoms with Crippen LogP contribution in [0.1, 0.15) is 24.8 Å². The molecule has 1 amide bonds. The van der Waals surface area contributed by atoms with Gasteiger partial charge in [-0.25, -0.2) is 4.39 Å². The lowest BCUT2D eigenvalue weighted by Crippen LogP contribution is -2.29. The molecule has 0 radical (unpaired) electrons. The minimum absolute atomic E-state index is 0.0393. The van der Waals surface area contributed by atoms with E-state index in [4.69, 9.17) is 18.0 Å². The highest BCUT2D eigenvalue weighted by Gasteiger charge is 2.26. The van der Waals surface area contributed by atoms with Crippen molar-refractivity contribution in [3.8, 4) is 0 Å². The molecule has 1 aliphatic carbocycles. The molecule has 5 heteroatoms. The lowest BCUT2D eigenvalue weighted by molar-refractivity contribution is -0.122. The van der Waals surface area contributed by atoms with Crippen molar-refractivity contribution >= 4 is 28.8 Å². The fourth-order valence-corrected chi connectivity index (χ4v) is 1.99. The molecule has 1 saturated carbocycles. The smallest absolute Gasteiger partial charge is 0.227 e. The highest BCUT2D eigenvalue weighted by Crippen LogP contribution is 2.28. The van der Waals surface area contributed by atoms with E-state index in [-0.39, 0.29) is 22.4 Å². The first-order valence-electron chi connectivity index (χ1n) is 5.49. The Kier molecular flexibility index (Phi) is 3.38. The predicted octanol–water partition coefficient (Wildman–Crippen LogP) is 2.20. The van der Waals surface area contributed by atoms with E-state index in [2.05, 4.69) is 5.32 Å². The van der Waals surface area contributed by atoms with Gasteiger partial charge in [0, 0.05) is 5.92 Å². The molecule has 90 valence electrons. The molecule has 0 bridgehead atoms. The van der Waals surface area contributed by atoms with Gasteiger partial charge in [-0.2, -0.15) is 0 Å². The van der Waals surface area contributed by atoms with Crippen molar-refractivity contribution in [2.24, 2.45) is 11.7 Å². The SMILES string of the molecule is NC(=S)c1c(F)cccc1NC(=O)C1CCC1. The van der Waals surface area contributed by atoms with E-state index >= 15 is 0 Å². The van der Waals surface area contributed by atoms with Gasteiger partial charge in [0.25, 0.3) is 0 Å². The number of halogens is 1. The van der Waals surface area contributed by atoms with Gasteiger partial charge in [0.2, 0.25) is 5.91 Å². The second kappa shape index (κ2) is 4.79. The van der Waals surface area contributed by atoms with Crippen molar-refractivity contribution in [3.05, 3.63) is 29.6 Å². The van der Waals surface area contributed by atoms with Crippen LogP contribution < -0.4 is 11.1 Å². The zero-order chi connectivity index (χ0) is 12.4. The van der Waals surface area contributed by atoms with E-state index in [0.29, 0.717) is 5.69 Å². The van der Waals surface area contributed by atoms with Crippen molar-refractivity contribution < 1.29 is 9.18 Å². The van der Waals surface area contributed by atoms with Gasteiger partial charge >= 0.3 is 0 Å². The summed E-state index contributed by atoms with van der Waals surface area (Å²) >= 11 is 4.78. The van der Waals surface area contributed by atoms with Crippen LogP contribution in [-0.2, 0) is 4.79 Å². The Morgan fingerprint density at radius 1 is 1.47 bits per heavy atom. The molecule has 3 nitrogen and oxygen atoms in total. The molecule has 1 aromatic carbocycles. The summed E-state index contributed by atoms with van der Waals surface area (Å²) in [6.45, 7) is 0. The van der Waals surface area contributed by atoms with Crippen LogP contribution in [0.25, 0.3) is 0 Å². The molecule has 0 saturated heterocycles. The topological polar surface area (TPSA) is 55.1 Å². The van der Waals surface area contributed by atoms with Crippen LogP contribution in [0.3, 0.4) is 0 Å². The van der Waals surface area contributed by atoms with Crippen molar-refractivity contribution in [2.45, 2.75) is 19.3 Å². The van der Waals surface area contributed by atoms with Crippen molar-refractivity contribution in [1.82, 2.24) is 0 Å². The maximum atomic E-state index is 13.5. The van der Waals surface area contributed by atoms with Crippen LogP contribution in [0.4, 0.5) is 10.1 Å². The Balaban J connectivity index is 2.22. The van der Waals surface area contributed by atoms with E-state index in [1.807, 2.05) is 0 Å². The van der Waals surface area contributed by atoms with E-state index in [0.717, 1.165) is 19.3 Å². The number of hydrogen-bond acceptors (Lipinski definition) is 2. The summed E-state index contributed by atoms with van der Waals surface area (Å²) in [4.78, 5) is 11.7.